The van der Waals surface area contributed by atoms with Crippen LogP contribution in [0.25, 0.3) is 5.69 Å². The summed E-state index contributed by atoms with van der Waals surface area (Å²) in [6.45, 7) is 3.13. The number of benzene rings is 1. The fraction of sp³-hybridized carbons (Fsp3) is 0.375. The summed E-state index contributed by atoms with van der Waals surface area (Å²) in [4.78, 5) is 4.31. The maximum absolute atomic E-state index is 9.08. The molecule has 0 aliphatic carbocycles. The van der Waals surface area contributed by atoms with Crippen LogP contribution in [0.4, 0.5) is 0 Å². The lowest BCUT2D eigenvalue weighted by atomic mass is 10.0. The Bertz CT molecular complexity index is 645. The molecule has 2 heterocycles. The number of aromatic nitrogens is 2. The van der Waals surface area contributed by atoms with Gasteiger partial charge in [0.15, 0.2) is 0 Å². The Morgan fingerprint density at radius 3 is 3.05 bits per heavy atom. The number of piperidine rings is 1. The summed E-state index contributed by atoms with van der Waals surface area (Å²) in [6, 6.07) is 8.35. The van der Waals surface area contributed by atoms with Crippen LogP contribution in [0.3, 0.4) is 0 Å². The molecular formula is C16H18N4. The molecule has 1 atom stereocenters. The Morgan fingerprint density at radius 2 is 2.30 bits per heavy atom. The zero-order valence-corrected chi connectivity index (χ0v) is 11.6. The summed E-state index contributed by atoms with van der Waals surface area (Å²) in [5.74, 6) is 0. The fourth-order valence-corrected chi connectivity index (χ4v) is 2.81. The van der Waals surface area contributed by atoms with Gasteiger partial charge in [-0.1, -0.05) is 12.5 Å². The van der Waals surface area contributed by atoms with E-state index in [1.54, 1.807) is 0 Å². The van der Waals surface area contributed by atoms with Crippen molar-refractivity contribution in [3.05, 3.63) is 47.5 Å². The summed E-state index contributed by atoms with van der Waals surface area (Å²) in [7, 11) is 0. The van der Waals surface area contributed by atoms with Gasteiger partial charge in [0.2, 0.25) is 0 Å². The highest BCUT2D eigenvalue weighted by molar-refractivity contribution is 5.48. The first-order valence-electron chi connectivity index (χ1n) is 7.06. The molecule has 4 heteroatoms. The molecule has 1 fully saturated rings. The summed E-state index contributed by atoms with van der Waals surface area (Å²) >= 11 is 0. The topological polar surface area (TPSA) is 53.6 Å². The molecule has 0 bridgehead atoms. The van der Waals surface area contributed by atoms with Crippen molar-refractivity contribution >= 4 is 0 Å². The Kier molecular flexibility index (Phi) is 3.53. The molecular weight excluding hydrogens is 248 g/mol. The average Bonchev–Trinajstić information content (AvgIpc) is 2.98. The fourth-order valence-electron chi connectivity index (χ4n) is 2.81. The molecule has 4 nitrogen and oxygen atoms in total. The van der Waals surface area contributed by atoms with Gasteiger partial charge in [0.25, 0.3) is 0 Å². The lowest BCUT2D eigenvalue weighted by Crippen LogP contribution is -2.28. The highest BCUT2D eigenvalue weighted by atomic mass is 15.1. The number of hydrogen-bond acceptors (Lipinski definition) is 3. The van der Waals surface area contributed by atoms with E-state index in [-0.39, 0.29) is 0 Å². The smallest absolute Gasteiger partial charge is 0.0994 e. The largest absolute Gasteiger partial charge is 0.309 e. The third-order valence-corrected chi connectivity index (χ3v) is 3.93. The predicted molar refractivity (Wildman–Crippen MR) is 77.6 cm³/mol. The van der Waals surface area contributed by atoms with Gasteiger partial charge in [-0.15, -0.1) is 0 Å². The van der Waals surface area contributed by atoms with E-state index in [2.05, 4.69) is 27.9 Å². The van der Waals surface area contributed by atoms with Gasteiger partial charge in [-0.05, 0) is 44.0 Å². The van der Waals surface area contributed by atoms with Gasteiger partial charge in [0.1, 0.15) is 0 Å². The maximum atomic E-state index is 9.08. The van der Waals surface area contributed by atoms with E-state index in [0.29, 0.717) is 11.6 Å². The predicted octanol–water partition coefficient (Wildman–Crippen LogP) is 2.87. The first kappa shape index (κ1) is 12.9. The van der Waals surface area contributed by atoms with Crippen molar-refractivity contribution in [3.63, 3.8) is 0 Å². The van der Waals surface area contributed by atoms with Crippen LogP contribution in [0.15, 0.2) is 30.7 Å². The highest BCUT2D eigenvalue weighted by Crippen LogP contribution is 2.26. The molecule has 0 amide bonds. The van der Waals surface area contributed by atoms with E-state index < -0.39 is 0 Å². The SMILES string of the molecule is Cc1ccc(C#N)cc1-n1cncc1C1CCCCN1. The van der Waals surface area contributed by atoms with Crippen LogP contribution in [0.2, 0.25) is 0 Å². The minimum absolute atomic E-state index is 0.358. The first-order valence-corrected chi connectivity index (χ1v) is 7.06. The van der Waals surface area contributed by atoms with Gasteiger partial charge in [-0.3, -0.25) is 0 Å². The lowest BCUT2D eigenvalue weighted by Gasteiger charge is -2.25. The molecule has 0 saturated carbocycles. The number of nitrogens with zero attached hydrogens (tertiary/aromatic N) is 3. The second-order valence-electron chi connectivity index (χ2n) is 5.30. The number of nitriles is 1. The van der Waals surface area contributed by atoms with Crippen molar-refractivity contribution in [1.29, 1.82) is 5.26 Å². The van der Waals surface area contributed by atoms with Crippen molar-refractivity contribution in [2.75, 3.05) is 6.54 Å². The molecule has 1 aromatic carbocycles. The normalized spacial score (nSPS) is 18.7. The molecule has 1 aliphatic rings. The molecule has 0 radical (unpaired) electrons. The van der Waals surface area contributed by atoms with Crippen molar-refractivity contribution in [1.82, 2.24) is 14.9 Å². The Hall–Kier alpha value is -2.12. The number of aryl methyl sites for hydroxylation is 1. The van der Waals surface area contributed by atoms with Crippen molar-refractivity contribution in [2.24, 2.45) is 0 Å². The molecule has 1 saturated heterocycles. The zero-order valence-electron chi connectivity index (χ0n) is 11.6. The summed E-state index contributed by atoms with van der Waals surface area (Å²) in [5.41, 5.74) is 4.06. The minimum atomic E-state index is 0.358. The van der Waals surface area contributed by atoms with E-state index in [0.717, 1.165) is 24.2 Å². The monoisotopic (exact) mass is 266 g/mol. The number of imidazole rings is 1. The van der Waals surface area contributed by atoms with E-state index >= 15 is 0 Å². The Balaban J connectivity index is 2.03. The Labute approximate surface area is 119 Å². The van der Waals surface area contributed by atoms with Gasteiger partial charge in [-0.25, -0.2) is 4.98 Å². The second-order valence-corrected chi connectivity index (χ2v) is 5.30. The average molecular weight is 266 g/mol. The van der Waals surface area contributed by atoms with Gasteiger partial charge in [0.05, 0.1) is 35.5 Å². The molecule has 1 unspecified atom stereocenters. The molecule has 1 N–H and O–H groups in total. The number of hydrogen-bond donors (Lipinski definition) is 1. The maximum Gasteiger partial charge on any atom is 0.0994 e. The summed E-state index contributed by atoms with van der Waals surface area (Å²) in [6.07, 6.45) is 7.41. The first-order chi connectivity index (χ1) is 9.79. The summed E-state index contributed by atoms with van der Waals surface area (Å²) in [5, 5.41) is 12.6. The van der Waals surface area contributed by atoms with E-state index in [1.165, 1.54) is 18.5 Å². The minimum Gasteiger partial charge on any atom is -0.309 e. The standard InChI is InChI=1S/C16H18N4/c1-12-5-6-13(9-17)8-15(12)20-11-18-10-16(20)14-4-2-3-7-19-14/h5-6,8,10-11,14,19H,2-4,7H2,1H3. The van der Waals surface area contributed by atoms with Crippen LogP contribution in [-0.4, -0.2) is 16.1 Å². The molecule has 1 aliphatic heterocycles. The third kappa shape index (κ3) is 2.33. The van der Waals surface area contributed by atoms with Gasteiger partial charge >= 0.3 is 0 Å². The molecule has 0 spiro atoms. The van der Waals surface area contributed by atoms with Gasteiger partial charge in [-0.2, -0.15) is 5.26 Å². The molecule has 3 rings (SSSR count). The second kappa shape index (κ2) is 5.48. The number of rotatable bonds is 2. The van der Waals surface area contributed by atoms with Crippen LogP contribution < -0.4 is 5.32 Å². The van der Waals surface area contributed by atoms with Gasteiger partial charge < -0.3 is 9.88 Å². The lowest BCUT2D eigenvalue weighted by molar-refractivity contribution is 0.402. The van der Waals surface area contributed by atoms with E-state index in [1.807, 2.05) is 30.7 Å². The van der Waals surface area contributed by atoms with E-state index in [9.17, 15) is 0 Å². The van der Waals surface area contributed by atoms with Crippen LogP contribution in [0.5, 0.6) is 0 Å². The van der Waals surface area contributed by atoms with Crippen LogP contribution in [0, 0.1) is 18.3 Å². The van der Waals surface area contributed by atoms with Crippen molar-refractivity contribution in [3.8, 4) is 11.8 Å². The molecule has 20 heavy (non-hydrogen) atoms. The zero-order chi connectivity index (χ0) is 13.9. The Morgan fingerprint density at radius 1 is 1.40 bits per heavy atom. The van der Waals surface area contributed by atoms with Crippen LogP contribution >= 0.6 is 0 Å². The summed E-state index contributed by atoms with van der Waals surface area (Å²) < 4.78 is 2.11. The van der Waals surface area contributed by atoms with E-state index in [4.69, 9.17) is 5.26 Å². The van der Waals surface area contributed by atoms with Crippen molar-refractivity contribution < 1.29 is 0 Å². The molecule has 102 valence electrons. The van der Waals surface area contributed by atoms with Gasteiger partial charge in [0, 0.05) is 6.04 Å². The highest BCUT2D eigenvalue weighted by Gasteiger charge is 2.19. The van der Waals surface area contributed by atoms with Crippen molar-refractivity contribution in [2.45, 2.75) is 32.2 Å². The van der Waals surface area contributed by atoms with Crippen LogP contribution in [-0.2, 0) is 0 Å². The van der Waals surface area contributed by atoms with Crippen LogP contribution in [0.1, 0.15) is 42.1 Å². The number of nitrogens with one attached hydrogen (secondary N) is 1. The molecule has 1 aromatic heterocycles. The molecule has 2 aromatic rings. The quantitative estimate of drug-likeness (QED) is 0.909. The third-order valence-electron chi connectivity index (χ3n) is 3.93.